The fourth-order valence-corrected chi connectivity index (χ4v) is 3.60. The van der Waals surface area contributed by atoms with Crippen molar-refractivity contribution < 1.29 is 9.59 Å². The van der Waals surface area contributed by atoms with Crippen LogP contribution in [0.15, 0.2) is 24.3 Å². The quantitative estimate of drug-likeness (QED) is 0.804. The Balaban J connectivity index is 1.38. The monoisotopic (exact) mass is 363 g/mol. The maximum atomic E-state index is 12.4. The van der Waals surface area contributed by atoms with Gasteiger partial charge in [-0.25, -0.2) is 0 Å². The van der Waals surface area contributed by atoms with E-state index < -0.39 is 0 Å². The number of hydrogen-bond donors (Lipinski definition) is 0. The molecule has 136 valence electrons. The van der Waals surface area contributed by atoms with Crippen LogP contribution in [0.5, 0.6) is 0 Å². The van der Waals surface area contributed by atoms with Gasteiger partial charge in [0.15, 0.2) is 0 Å². The molecule has 2 aliphatic rings. The number of carbonyl (C=O) groups excluding carboxylic acids is 2. The minimum absolute atomic E-state index is 0.195. The smallest absolute Gasteiger partial charge is 0.236 e. The number of benzene rings is 1. The van der Waals surface area contributed by atoms with Crippen LogP contribution in [0.3, 0.4) is 0 Å². The van der Waals surface area contributed by atoms with Gasteiger partial charge in [0.1, 0.15) is 0 Å². The van der Waals surface area contributed by atoms with Crippen molar-refractivity contribution in [3.05, 3.63) is 34.9 Å². The van der Waals surface area contributed by atoms with Crippen molar-refractivity contribution in [2.45, 2.75) is 25.7 Å². The molecule has 2 saturated heterocycles. The molecular formula is C19H26ClN3O2. The van der Waals surface area contributed by atoms with Gasteiger partial charge in [-0.15, -0.1) is 0 Å². The molecule has 3 rings (SSSR count). The summed E-state index contributed by atoms with van der Waals surface area (Å²) in [4.78, 5) is 30.6. The summed E-state index contributed by atoms with van der Waals surface area (Å²) < 4.78 is 0. The molecule has 1 aromatic rings. The summed E-state index contributed by atoms with van der Waals surface area (Å²) in [5, 5.41) is 0.717. The van der Waals surface area contributed by atoms with E-state index in [-0.39, 0.29) is 11.8 Å². The molecule has 0 bridgehead atoms. The van der Waals surface area contributed by atoms with Gasteiger partial charge >= 0.3 is 0 Å². The van der Waals surface area contributed by atoms with Gasteiger partial charge in [-0.3, -0.25) is 14.5 Å². The summed E-state index contributed by atoms with van der Waals surface area (Å²) in [5.74, 6) is 0.431. The number of rotatable bonds is 5. The van der Waals surface area contributed by atoms with Gasteiger partial charge in [0.25, 0.3) is 0 Å². The molecule has 0 aliphatic carbocycles. The third-order valence-electron chi connectivity index (χ3n) is 5.08. The average Bonchev–Trinajstić information content (AvgIpc) is 3.16. The van der Waals surface area contributed by atoms with E-state index in [0.29, 0.717) is 26.1 Å². The Morgan fingerprint density at radius 1 is 0.840 bits per heavy atom. The number of amides is 2. The summed E-state index contributed by atoms with van der Waals surface area (Å²) in [5.41, 5.74) is 1.13. The molecule has 2 heterocycles. The van der Waals surface area contributed by atoms with Crippen LogP contribution in [-0.2, 0) is 16.0 Å². The highest BCUT2D eigenvalue weighted by molar-refractivity contribution is 6.30. The lowest BCUT2D eigenvalue weighted by Gasteiger charge is -2.35. The Bertz CT molecular complexity index is 591. The summed E-state index contributed by atoms with van der Waals surface area (Å²) in [7, 11) is 0. The van der Waals surface area contributed by atoms with E-state index in [2.05, 4.69) is 4.90 Å². The highest BCUT2D eigenvalue weighted by atomic mass is 35.5. The van der Waals surface area contributed by atoms with Crippen molar-refractivity contribution >= 4 is 23.4 Å². The van der Waals surface area contributed by atoms with E-state index in [1.54, 1.807) is 0 Å². The number of piperazine rings is 1. The molecule has 5 nitrogen and oxygen atoms in total. The van der Waals surface area contributed by atoms with Crippen molar-refractivity contribution in [3.8, 4) is 0 Å². The van der Waals surface area contributed by atoms with Crippen LogP contribution in [0.4, 0.5) is 0 Å². The predicted molar refractivity (Wildman–Crippen MR) is 98.6 cm³/mol. The molecule has 2 fully saturated rings. The maximum Gasteiger partial charge on any atom is 0.236 e. The summed E-state index contributed by atoms with van der Waals surface area (Å²) in [6.45, 7) is 5.30. The minimum atomic E-state index is 0.195. The normalized spacial score (nSPS) is 18.6. The number of halogens is 1. The van der Waals surface area contributed by atoms with Gasteiger partial charge in [-0.2, -0.15) is 0 Å². The van der Waals surface area contributed by atoms with Crippen LogP contribution in [-0.4, -0.2) is 72.3 Å². The first kappa shape index (κ1) is 18.2. The van der Waals surface area contributed by atoms with Crippen LogP contribution in [0.2, 0.25) is 5.02 Å². The van der Waals surface area contributed by atoms with Crippen molar-refractivity contribution in [2.75, 3.05) is 45.8 Å². The Hall–Kier alpha value is -1.59. The molecule has 0 radical (unpaired) electrons. The van der Waals surface area contributed by atoms with E-state index in [9.17, 15) is 9.59 Å². The summed E-state index contributed by atoms with van der Waals surface area (Å²) >= 11 is 5.88. The fourth-order valence-electron chi connectivity index (χ4n) is 3.47. The Morgan fingerprint density at radius 2 is 1.44 bits per heavy atom. The second-order valence-electron chi connectivity index (χ2n) is 6.87. The molecule has 1 aromatic carbocycles. The zero-order valence-corrected chi connectivity index (χ0v) is 15.4. The third kappa shape index (κ3) is 5.19. The first-order chi connectivity index (χ1) is 12.1. The number of nitrogens with zero attached hydrogens (tertiary/aromatic N) is 3. The Labute approximate surface area is 154 Å². The molecule has 0 unspecified atom stereocenters. The number of aryl methyl sites for hydroxylation is 1. The first-order valence-electron chi connectivity index (χ1n) is 9.14. The standard InChI is InChI=1S/C19H26ClN3O2/c20-17-6-3-16(4-7-17)5-8-18(24)23-13-11-21(12-14-23)15-19(25)22-9-1-2-10-22/h3-4,6-7H,1-2,5,8-15H2. The highest BCUT2D eigenvalue weighted by Crippen LogP contribution is 2.13. The molecule has 0 atom stereocenters. The first-order valence-corrected chi connectivity index (χ1v) is 9.52. The largest absolute Gasteiger partial charge is 0.342 e. The van der Waals surface area contributed by atoms with Gasteiger partial charge in [0.05, 0.1) is 6.54 Å². The van der Waals surface area contributed by atoms with Gasteiger partial charge in [-0.1, -0.05) is 23.7 Å². The van der Waals surface area contributed by atoms with Crippen molar-refractivity contribution in [1.29, 1.82) is 0 Å². The van der Waals surface area contributed by atoms with Crippen LogP contribution in [0.25, 0.3) is 0 Å². The van der Waals surface area contributed by atoms with Crippen molar-refractivity contribution in [2.24, 2.45) is 0 Å². The van der Waals surface area contributed by atoms with Crippen LogP contribution in [0, 0.1) is 0 Å². The maximum absolute atomic E-state index is 12.4. The second-order valence-corrected chi connectivity index (χ2v) is 7.31. The SMILES string of the molecule is O=C(CCc1ccc(Cl)cc1)N1CCN(CC(=O)N2CCCC2)CC1. The second kappa shape index (κ2) is 8.68. The van der Waals surface area contributed by atoms with Crippen LogP contribution in [0.1, 0.15) is 24.8 Å². The van der Waals surface area contributed by atoms with E-state index in [4.69, 9.17) is 11.6 Å². The zero-order chi connectivity index (χ0) is 17.6. The lowest BCUT2D eigenvalue weighted by molar-refractivity contribution is -0.134. The van der Waals surface area contributed by atoms with E-state index in [1.165, 1.54) is 0 Å². The van der Waals surface area contributed by atoms with E-state index >= 15 is 0 Å². The van der Waals surface area contributed by atoms with Crippen molar-refractivity contribution in [3.63, 3.8) is 0 Å². The van der Waals surface area contributed by atoms with Crippen LogP contribution < -0.4 is 0 Å². The third-order valence-corrected chi connectivity index (χ3v) is 5.34. The zero-order valence-electron chi connectivity index (χ0n) is 14.6. The molecule has 2 aliphatic heterocycles. The minimum Gasteiger partial charge on any atom is -0.342 e. The molecular weight excluding hydrogens is 338 g/mol. The van der Waals surface area contributed by atoms with Crippen LogP contribution >= 0.6 is 11.6 Å². The average molecular weight is 364 g/mol. The summed E-state index contributed by atoms with van der Waals surface area (Å²) in [6.07, 6.45) is 3.52. The predicted octanol–water partition coefficient (Wildman–Crippen LogP) is 2.04. The Morgan fingerprint density at radius 3 is 2.08 bits per heavy atom. The number of likely N-dealkylation sites (tertiary alicyclic amines) is 1. The van der Waals surface area contributed by atoms with Crippen molar-refractivity contribution in [1.82, 2.24) is 14.7 Å². The van der Waals surface area contributed by atoms with Gasteiger partial charge in [0.2, 0.25) is 11.8 Å². The topological polar surface area (TPSA) is 43.9 Å². The fraction of sp³-hybridized carbons (Fsp3) is 0.579. The molecule has 0 saturated carbocycles. The van der Waals surface area contributed by atoms with E-state index in [0.717, 1.165) is 56.0 Å². The molecule has 6 heteroatoms. The molecule has 0 N–H and O–H groups in total. The molecule has 2 amide bonds. The lowest BCUT2D eigenvalue weighted by atomic mass is 10.1. The Kier molecular flexibility index (Phi) is 6.32. The van der Waals surface area contributed by atoms with Gasteiger partial charge < -0.3 is 9.80 Å². The number of carbonyl (C=O) groups is 2. The molecule has 0 aromatic heterocycles. The van der Waals surface area contributed by atoms with Gasteiger partial charge in [0, 0.05) is 50.7 Å². The highest BCUT2D eigenvalue weighted by Gasteiger charge is 2.25. The molecule has 0 spiro atoms. The van der Waals surface area contributed by atoms with Gasteiger partial charge in [-0.05, 0) is 37.0 Å². The molecule has 25 heavy (non-hydrogen) atoms. The lowest BCUT2D eigenvalue weighted by Crippen LogP contribution is -2.51. The van der Waals surface area contributed by atoms with E-state index in [1.807, 2.05) is 34.1 Å². The summed E-state index contributed by atoms with van der Waals surface area (Å²) in [6, 6.07) is 7.66. The number of hydrogen-bond acceptors (Lipinski definition) is 3.